The fourth-order valence-electron chi connectivity index (χ4n) is 4.71. The number of alkyl halides is 3. The molecule has 0 aliphatic carbocycles. The van der Waals surface area contributed by atoms with Crippen LogP contribution < -0.4 is 10.6 Å². The van der Waals surface area contributed by atoms with Gasteiger partial charge in [-0.2, -0.15) is 18.3 Å². The van der Waals surface area contributed by atoms with Crippen LogP contribution in [0.5, 0.6) is 0 Å². The third-order valence-corrected chi connectivity index (χ3v) is 6.96. The molecule has 0 unspecified atom stereocenters. The Hall–Kier alpha value is -5.17. The van der Waals surface area contributed by atoms with E-state index >= 15 is 0 Å². The van der Waals surface area contributed by atoms with E-state index in [1.54, 1.807) is 32.2 Å². The molecule has 0 atom stereocenters. The van der Waals surface area contributed by atoms with Crippen molar-refractivity contribution in [3.63, 3.8) is 0 Å². The molecule has 0 saturated heterocycles. The molecule has 2 aromatic carbocycles. The van der Waals surface area contributed by atoms with Gasteiger partial charge in [0.15, 0.2) is 11.5 Å². The number of carbonyl (C=O) groups is 2. The number of nitrogens with zero attached hydrogens (tertiary/aromatic N) is 6. The summed E-state index contributed by atoms with van der Waals surface area (Å²) in [5.41, 5.74) is 8.10. The maximum Gasteiger partial charge on any atom is 0.433 e. The number of aryl methyl sites for hydroxylation is 2. The minimum Gasteiger partial charge on any atom is -0.375 e. The second-order valence-electron chi connectivity index (χ2n) is 10.2. The molecule has 10 nitrogen and oxygen atoms in total. The number of amides is 2. The van der Waals surface area contributed by atoms with Crippen LogP contribution in [0, 0.1) is 13.8 Å². The maximum atomic E-state index is 13.6. The van der Waals surface area contributed by atoms with Gasteiger partial charge >= 0.3 is 6.18 Å². The molecule has 5 rings (SSSR count). The molecule has 2 N–H and O–H groups in total. The quantitative estimate of drug-likeness (QED) is 0.232. The Kier molecular flexibility index (Phi) is 8.41. The number of aromatic nitrogens is 5. The van der Waals surface area contributed by atoms with Gasteiger partial charge in [0.2, 0.25) is 0 Å². The molecular formula is C31H28F3N7O3. The smallest absolute Gasteiger partial charge is 0.375 e. The minimum atomic E-state index is -4.58. The highest BCUT2D eigenvalue weighted by molar-refractivity contribution is 6.06. The lowest BCUT2D eigenvalue weighted by Crippen LogP contribution is -2.29. The van der Waals surface area contributed by atoms with Crippen molar-refractivity contribution >= 4 is 28.5 Å². The van der Waals surface area contributed by atoms with E-state index < -0.39 is 23.7 Å². The van der Waals surface area contributed by atoms with E-state index in [0.29, 0.717) is 40.3 Å². The van der Waals surface area contributed by atoms with Crippen molar-refractivity contribution in [2.45, 2.75) is 33.2 Å². The molecule has 3 aromatic heterocycles. The number of nitrogens with two attached hydrogens (primary N) is 1. The van der Waals surface area contributed by atoms with E-state index in [-0.39, 0.29) is 30.1 Å². The van der Waals surface area contributed by atoms with E-state index in [0.717, 1.165) is 11.6 Å². The predicted octanol–water partition coefficient (Wildman–Crippen LogP) is 5.12. The van der Waals surface area contributed by atoms with Gasteiger partial charge in [-0.25, -0.2) is 15.0 Å². The van der Waals surface area contributed by atoms with E-state index in [1.165, 1.54) is 28.8 Å². The van der Waals surface area contributed by atoms with Crippen LogP contribution >= 0.6 is 0 Å². The molecule has 0 spiro atoms. The fourth-order valence-corrected chi connectivity index (χ4v) is 4.71. The Morgan fingerprint density at radius 2 is 1.75 bits per heavy atom. The minimum absolute atomic E-state index is 0.0390. The number of fused-ring (bicyclic) bond motifs is 1. The number of anilines is 1. The number of pyridine rings is 1. The van der Waals surface area contributed by atoms with Crippen LogP contribution in [0.4, 0.5) is 18.9 Å². The van der Waals surface area contributed by atoms with Gasteiger partial charge in [0, 0.05) is 24.4 Å². The molecule has 0 bridgehead atoms. The Bertz CT molecular complexity index is 1860. The molecule has 0 radical (unpaired) electrons. The van der Waals surface area contributed by atoms with Crippen molar-refractivity contribution in [3.05, 3.63) is 101 Å². The third-order valence-electron chi connectivity index (χ3n) is 6.96. The van der Waals surface area contributed by atoms with Crippen LogP contribution in [0.1, 0.15) is 43.4 Å². The van der Waals surface area contributed by atoms with E-state index in [9.17, 15) is 22.8 Å². The van der Waals surface area contributed by atoms with Crippen LogP contribution in [0.2, 0.25) is 0 Å². The summed E-state index contributed by atoms with van der Waals surface area (Å²) < 4.78 is 46.7. The zero-order valence-corrected chi connectivity index (χ0v) is 24.1. The largest absolute Gasteiger partial charge is 0.433 e. The molecule has 3 heterocycles. The molecule has 226 valence electrons. The normalized spacial score (nSPS) is 11.6. The Labute approximate surface area is 250 Å². The summed E-state index contributed by atoms with van der Waals surface area (Å²) in [4.78, 5) is 39.3. The zero-order chi connectivity index (χ0) is 31.6. The van der Waals surface area contributed by atoms with E-state index in [1.807, 2.05) is 30.3 Å². The van der Waals surface area contributed by atoms with Gasteiger partial charge in [-0.3, -0.25) is 14.3 Å². The van der Waals surface area contributed by atoms with Gasteiger partial charge < -0.3 is 15.4 Å². The number of hydrogen-bond donors (Lipinski definition) is 1. The summed E-state index contributed by atoms with van der Waals surface area (Å²) in [7, 11) is 1.59. The van der Waals surface area contributed by atoms with Crippen LogP contribution in [-0.4, -0.2) is 50.2 Å². The highest BCUT2D eigenvalue weighted by Crippen LogP contribution is 2.31. The summed E-state index contributed by atoms with van der Waals surface area (Å²) in [6, 6.07) is 17.1. The SMILES string of the molecule is Cc1cc(-c2ncc3nc(C(F)(F)F)cc(C)c3n2)ccc1N(C)C(=O)c1cc(C(N)=O)nn1CCOCc1ccccc1. The summed E-state index contributed by atoms with van der Waals surface area (Å²) in [6.45, 7) is 4.17. The first kappa shape index (κ1) is 30.3. The first-order valence-corrected chi connectivity index (χ1v) is 13.5. The van der Waals surface area contributed by atoms with Crippen molar-refractivity contribution in [1.82, 2.24) is 24.7 Å². The average molecular weight is 604 g/mol. The number of hydrogen-bond acceptors (Lipinski definition) is 7. The molecule has 0 aliphatic rings. The molecule has 5 aromatic rings. The summed E-state index contributed by atoms with van der Waals surface area (Å²) in [5.74, 6) is -0.889. The average Bonchev–Trinajstić information content (AvgIpc) is 3.43. The monoisotopic (exact) mass is 603 g/mol. The number of ether oxygens (including phenoxy) is 1. The zero-order valence-electron chi connectivity index (χ0n) is 24.1. The highest BCUT2D eigenvalue weighted by atomic mass is 19.4. The Balaban J connectivity index is 1.36. The lowest BCUT2D eigenvalue weighted by molar-refractivity contribution is -0.141. The topological polar surface area (TPSA) is 129 Å². The van der Waals surface area contributed by atoms with Gasteiger partial charge in [-0.05, 0) is 54.8 Å². The lowest BCUT2D eigenvalue weighted by Gasteiger charge is -2.20. The number of halogens is 3. The maximum absolute atomic E-state index is 13.6. The fraction of sp³-hybridized carbons (Fsp3) is 0.226. The van der Waals surface area contributed by atoms with Crippen molar-refractivity contribution in [1.29, 1.82) is 0 Å². The van der Waals surface area contributed by atoms with Crippen molar-refractivity contribution in [2.24, 2.45) is 5.73 Å². The third kappa shape index (κ3) is 6.42. The molecule has 0 saturated carbocycles. The summed E-state index contributed by atoms with van der Waals surface area (Å²) in [5, 5.41) is 4.21. The Morgan fingerprint density at radius 3 is 2.43 bits per heavy atom. The number of carbonyl (C=O) groups excluding carboxylic acids is 2. The van der Waals surface area contributed by atoms with Crippen molar-refractivity contribution < 1.29 is 27.5 Å². The van der Waals surface area contributed by atoms with Crippen LogP contribution in [-0.2, 0) is 24.1 Å². The van der Waals surface area contributed by atoms with Crippen molar-refractivity contribution in [3.8, 4) is 11.4 Å². The molecular weight excluding hydrogens is 575 g/mol. The number of rotatable bonds is 9. The first-order chi connectivity index (χ1) is 20.9. The van der Waals surface area contributed by atoms with E-state index in [4.69, 9.17) is 10.5 Å². The van der Waals surface area contributed by atoms with E-state index in [2.05, 4.69) is 20.1 Å². The van der Waals surface area contributed by atoms with Gasteiger partial charge in [0.1, 0.15) is 16.9 Å². The number of benzene rings is 2. The molecule has 0 fully saturated rings. The van der Waals surface area contributed by atoms with Gasteiger partial charge in [0.25, 0.3) is 11.8 Å². The van der Waals surface area contributed by atoms with Crippen LogP contribution in [0.3, 0.4) is 0 Å². The van der Waals surface area contributed by atoms with Crippen LogP contribution in [0.25, 0.3) is 22.4 Å². The van der Waals surface area contributed by atoms with Gasteiger partial charge in [0.05, 0.1) is 31.5 Å². The molecule has 0 aliphatic heterocycles. The lowest BCUT2D eigenvalue weighted by atomic mass is 10.1. The second-order valence-corrected chi connectivity index (χ2v) is 10.2. The van der Waals surface area contributed by atoms with Crippen molar-refractivity contribution in [2.75, 3.05) is 18.6 Å². The first-order valence-electron chi connectivity index (χ1n) is 13.5. The summed E-state index contributed by atoms with van der Waals surface area (Å²) >= 11 is 0. The molecule has 13 heteroatoms. The highest BCUT2D eigenvalue weighted by Gasteiger charge is 2.33. The Morgan fingerprint density at radius 1 is 1.00 bits per heavy atom. The van der Waals surface area contributed by atoms with Gasteiger partial charge in [-0.1, -0.05) is 30.3 Å². The van der Waals surface area contributed by atoms with Crippen LogP contribution in [0.15, 0.2) is 66.9 Å². The molecule has 2 amide bonds. The second kappa shape index (κ2) is 12.2. The predicted molar refractivity (Wildman–Crippen MR) is 157 cm³/mol. The molecule has 44 heavy (non-hydrogen) atoms. The van der Waals surface area contributed by atoms with Gasteiger partial charge in [-0.15, -0.1) is 0 Å². The standard InChI is InChI=1S/C31H28F3N7O3/c1-18-13-21(29-36-16-23-27(38-29)19(2)14-26(37-23)31(32,33)34)9-10-24(18)40(3)30(43)25-15-22(28(35)42)39-41(25)11-12-44-17-20-7-5-4-6-8-20/h4-10,13-16H,11-12,17H2,1-3H3,(H2,35,42). The number of primary amides is 1. The summed E-state index contributed by atoms with van der Waals surface area (Å²) in [6.07, 6.45) is -3.32.